The molecule has 6 heteroatoms. The average molecular weight is 358 g/mol. The van der Waals surface area contributed by atoms with Crippen LogP contribution in [0, 0.1) is 0 Å². The van der Waals surface area contributed by atoms with Crippen LogP contribution in [-0.2, 0) is 10.9 Å². The first kappa shape index (κ1) is 25.1. The Morgan fingerprint density at radius 2 is 1.17 bits per heavy atom. The van der Waals surface area contributed by atoms with Crippen LogP contribution in [0.1, 0.15) is 79.1 Å². The molecule has 0 N–H and O–H groups in total. The second kappa shape index (κ2) is 16.7. The largest absolute Gasteiger partial charge is 0.673 e. The van der Waals surface area contributed by atoms with Gasteiger partial charge in [0, 0.05) is 0 Å². The van der Waals surface area contributed by atoms with Crippen LogP contribution in [0.2, 0.25) is 0 Å². The summed E-state index contributed by atoms with van der Waals surface area (Å²) in [6.07, 6.45) is 13.8. The van der Waals surface area contributed by atoms with Gasteiger partial charge in [-0.15, -0.1) is 0 Å². The molecular weight excluding hydrogens is 323 g/mol. The van der Waals surface area contributed by atoms with E-state index in [-0.39, 0.29) is 0 Å². The number of unbranched alkanes of at least 4 members (excludes halogenated alkanes) is 6. The molecule has 0 rings (SSSR count). The summed E-state index contributed by atoms with van der Waals surface area (Å²) in [6, 6.07) is 0. The van der Waals surface area contributed by atoms with E-state index in [1.807, 2.05) is 0 Å². The van der Waals surface area contributed by atoms with E-state index < -0.39 is 7.25 Å². The SMILES string of the molecule is CCCCCC[S+](CC=C(C)C)CCCCCC.F[B-](F)(F)F. The van der Waals surface area contributed by atoms with Crippen molar-refractivity contribution in [3.05, 3.63) is 11.6 Å². The number of hydrogen-bond acceptors (Lipinski definition) is 0. The lowest BCUT2D eigenvalue weighted by Crippen LogP contribution is -2.15. The molecule has 0 aromatic rings. The number of allylic oxidation sites excluding steroid dienone is 1. The predicted octanol–water partition coefficient (Wildman–Crippen LogP) is 7.03. The van der Waals surface area contributed by atoms with Gasteiger partial charge in [-0.2, -0.15) is 0 Å². The van der Waals surface area contributed by atoms with E-state index in [1.165, 1.54) is 74.2 Å². The van der Waals surface area contributed by atoms with Gasteiger partial charge in [-0.25, -0.2) is 0 Å². The van der Waals surface area contributed by atoms with Crippen LogP contribution < -0.4 is 0 Å². The van der Waals surface area contributed by atoms with Gasteiger partial charge in [0.15, 0.2) is 0 Å². The molecule has 0 radical (unpaired) electrons. The first-order chi connectivity index (χ1) is 10.7. The molecule has 140 valence electrons. The smallest absolute Gasteiger partial charge is 0.418 e. The Balaban J connectivity index is 0. The highest BCUT2D eigenvalue weighted by molar-refractivity contribution is 7.96. The predicted molar refractivity (Wildman–Crippen MR) is 99.9 cm³/mol. The monoisotopic (exact) mass is 358 g/mol. The molecule has 0 aromatic heterocycles. The van der Waals surface area contributed by atoms with Crippen LogP contribution in [0.3, 0.4) is 0 Å². The highest BCUT2D eigenvalue weighted by Gasteiger charge is 2.20. The van der Waals surface area contributed by atoms with Crippen molar-refractivity contribution in [3.8, 4) is 0 Å². The third-order valence-corrected chi connectivity index (χ3v) is 5.67. The topological polar surface area (TPSA) is 0 Å². The summed E-state index contributed by atoms with van der Waals surface area (Å²) in [5.74, 6) is 4.31. The van der Waals surface area contributed by atoms with Gasteiger partial charge in [-0.05, 0) is 56.5 Å². The molecule has 0 aromatic carbocycles. The Bertz CT molecular complexity index is 258. The van der Waals surface area contributed by atoms with Crippen molar-refractivity contribution >= 4 is 18.1 Å². The summed E-state index contributed by atoms with van der Waals surface area (Å²) in [5.41, 5.74) is 1.50. The molecule has 0 aliphatic heterocycles. The molecule has 0 amide bonds. The van der Waals surface area contributed by atoms with Gasteiger partial charge >= 0.3 is 7.25 Å². The molecular formula is C17H35BF4S. The molecule has 0 unspecified atom stereocenters. The minimum atomic E-state index is -6.00. The molecule has 0 saturated heterocycles. The van der Waals surface area contributed by atoms with Gasteiger partial charge in [0.05, 0.1) is 0 Å². The fourth-order valence-corrected chi connectivity index (χ4v) is 4.35. The van der Waals surface area contributed by atoms with E-state index in [2.05, 4.69) is 33.8 Å². The van der Waals surface area contributed by atoms with Crippen molar-refractivity contribution in [1.29, 1.82) is 0 Å². The second-order valence-electron chi connectivity index (χ2n) is 6.08. The minimum Gasteiger partial charge on any atom is -0.418 e. The first-order valence-corrected chi connectivity index (χ1v) is 10.6. The lowest BCUT2D eigenvalue weighted by Gasteiger charge is -2.07. The van der Waals surface area contributed by atoms with Crippen LogP contribution in [0.5, 0.6) is 0 Å². The van der Waals surface area contributed by atoms with Gasteiger partial charge in [-0.1, -0.05) is 45.1 Å². The molecule has 0 nitrogen and oxygen atoms in total. The van der Waals surface area contributed by atoms with E-state index in [9.17, 15) is 17.3 Å². The van der Waals surface area contributed by atoms with Gasteiger partial charge in [0.1, 0.15) is 17.3 Å². The van der Waals surface area contributed by atoms with E-state index >= 15 is 0 Å². The summed E-state index contributed by atoms with van der Waals surface area (Å²) in [7, 11) is -5.33. The van der Waals surface area contributed by atoms with Gasteiger partial charge in [0.2, 0.25) is 0 Å². The van der Waals surface area contributed by atoms with Crippen molar-refractivity contribution in [2.24, 2.45) is 0 Å². The van der Waals surface area contributed by atoms with E-state index in [4.69, 9.17) is 0 Å². The highest BCUT2D eigenvalue weighted by Crippen LogP contribution is 2.11. The number of halogens is 4. The van der Waals surface area contributed by atoms with Crippen LogP contribution >= 0.6 is 0 Å². The average Bonchev–Trinajstić information content (AvgIpc) is 2.42. The van der Waals surface area contributed by atoms with Crippen molar-refractivity contribution in [2.75, 3.05) is 17.3 Å². The maximum absolute atomic E-state index is 9.75. The molecule has 0 bridgehead atoms. The summed E-state index contributed by atoms with van der Waals surface area (Å²) in [5, 5.41) is 0. The van der Waals surface area contributed by atoms with Gasteiger partial charge in [0.25, 0.3) is 0 Å². The fourth-order valence-electron chi connectivity index (χ4n) is 2.02. The Morgan fingerprint density at radius 1 is 0.783 bits per heavy atom. The maximum Gasteiger partial charge on any atom is 0.673 e. The minimum absolute atomic E-state index is 0.672. The standard InChI is InChI=1S/C17H35S.BF4/c1-5-7-9-11-14-18(16-13-17(3)4)15-12-10-8-6-2;2-1(3,4)5/h13H,5-12,14-16H2,1-4H3;/q+1;-1. The zero-order chi connectivity index (χ0) is 18.1. The summed E-state index contributed by atoms with van der Waals surface area (Å²) in [4.78, 5) is 0. The van der Waals surface area contributed by atoms with E-state index in [0.717, 1.165) is 0 Å². The number of rotatable bonds is 12. The summed E-state index contributed by atoms with van der Waals surface area (Å²) < 4.78 is 39.0. The molecule has 0 spiro atoms. The van der Waals surface area contributed by atoms with E-state index in [1.54, 1.807) is 0 Å². The van der Waals surface area contributed by atoms with Crippen molar-refractivity contribution in [3.63, 3.8) is 0 Å². The quantitative estimate of drug-likeness (QED) is 0.115. The molecule has 0 aliphatic carbocycles. The Kier molecular flexibility index (Phi) is 18.3. The molecule has 0 heterocycles. The second-order valence-corrected chi connectivity index (χ2v) is 8.46. The third kappa shape index (κ3) is 30.3. The van der Waals surface area contributed by atoms with Crippen LogP contribution in [-0.4, -0.2) is 24.5 Å². The normalized spacial score (nSPS) is 11.2. The van der Waals surface area contributed by atoms with Crippen LogP contribution in [0.15, 0.2) is 11.6 Å². The lowest BCUT2D eigenvalue weighted by atomic mass is 10.2. The third-order valence-electron chi connectivity index (χ3n) is 3.30. The number of hydrogen-bond donors (Lipinski definition) is 0. The van der Waals surface area contributed by atoms with Gasteiger partial charge < -0.3 is 17.3 Å². The molecule has 0 fully saturated rings. The van der Waals surface area contributed by atoms with Crippen molar-refractivity contribution in [1.82, 2.24) is 0 Å². The molecule has 23 heavy (non-hydrogen) atoms. The molecule has 0 saturated carbocycles. The molecule has 0 atom stereocenters. The van der Waals surface area contributed by atoms with E-state index in [0.29, 0.717) is 10.9 Å². The summed E-state index contributed by atoms with van der Waals surface area (Å²) in [6.45, 7) is 9.06. The Morgan fingerprint density at radius 3 is 1.48 bits per heavy atom. The maximum atomic E-state index is 9.75. The Hall–Kier alpha value is -0.125. The first-order valence-electron chi connectivity index (χ1n) is 8.85. The van der Waals surface area contributed by atoms with Crippen LogP contribution in [0.25, 0.3) is 0 Å². The summed E-state index contributed by atoms with van der Waals surface area (Å²) >= 11 is 0. The lowest BCUT2D eigenvalue weighted by molar-refractivity contribution is 0.368. The fraction of sp³-hybridized carbons (Fsp3) is 0.882. The van der Waals surface area contributed by atoms with Crippen molar-refractivity contribution in [2.45, 2.75) is 79.1 Å². The zero-order valence-electron chi connectivity index (χ0n) is 15.4. The Labute approximate surface area is 144 Å². The zero-order valence-corrected chi connectivity index (χ0v) is 16.2. The van der Waals surface area contributed by atoms with Crippen molar-refractivity contribution < 1.29 is 17.3 Å². The van der Waals surface area contributed by atoms with Crippen LogP contribution in [0.4, 0.5) is 17.3 Å². The molecule has 0 aliphatic rings. The highest BCUT2D eigenvalue weighted by atomic mass is 32.2. The van der Waals surface area contributed by atoms with Gasteiger partial charge in [-0.3, -0.25) is 0 Å².